The van der Waals surface area contributed by atoms with Crippen LogP contribution in [0.3, 0.4) is 0 Å². The van der Waals surface area contributed by atoms with Crippen LogP contribution in [-0.4, -0.2) is 17.3 Å². The van der Waals surface area contributed by atoms with Crippen LogP contribution in [0.2, 0.25) is 0 Å². The van der Waals surface area contributed by atoms with Crippen LogP contribution in [0.15, 0.2) is 6.20 Å². The number of aromatic nitrogens is 1. The number of methoxy groups -OCH3 is 1. The van der Waals surface area contributed by atoms with Crippen molar-refractivity contribution >= 4 is 16.8 Å². The molecule has 7 heteroatoms. The lowest BCUT2D eigenvalue weighted by Gasteiger charge is -2.08. The molecule has 0 N–H and O–H groups in total. The summed E-state index contributed by atoms with van der Waals surface area (Å²) in [5.41, 5.74) is -1.76. The van der Waals surface area contributed by atoms with Crippen LogP contribution < -0.4 is 4.74 Å². The molecule has 15 heavy (non-hydrogen) atoms. The van der Waals surface area contributed by atoms with Crippen molar-refractivity contribution in [2.24, 2.45) is 0 Å². The molecule has 0 saturated carbocycles. The number of carbonyl (C=O) groups excluding carboxylic acids is 1. The normalized spacial score (nSPS) is 10.5. The number of rotatable bonds is 3. The number of halogens is 4. The molecule has 0 unspecified atom stereocenters. The van der Waals surface area contributed by atoms with Crippen molar-refractivity contribution in [1.82, 2.24) is 4.98 Å². The zero-order valence-corrected chi connectivity index (χ0v) is 8.19. The van der Waals surface area contributed by atoms with Crippen LogP contribution in [-0.2, 0) is 0 Å². The van der Waals surface area contributed by atoms with E-state index in [9.17, 15) is 18.0 Å². The Kier molecular flexibility index (Phi) is 3.52. The summed E-state index contributed by atoms with van der Waals surface area (Å²) in [7, 11) is 1.09. The van der Waals surface area contributed by atoms with E-state index in [4.69, 9.17) is 11.6 Å². The molecule has 0 spiro atoms. The van der Waals surface area contributed by atoms with Crippen molar-refractivity contribution in [3.05, 3.63) is 23.1 Å². The highest BCUT2D eigenvalue weighted by molar-refractivity contribution is 6.68. The average molecular weight is 240 g/mol. The number of hydrogen-bond donors (Lipinski definition) is 0. The van der Waals surface area contributed by atoms with Crippen molar-refractivity contribution in [1.29, 1.82) is 0 Å². The maximum Gasteiger partial charge on any atom is 0.266 e. The standard InChI is InChI=1S/C8H5ClF3NO2/c1-15-8-5(10)4(6(9)14)3(2-13-8)7(11)12/h2,7H,1H3. The molecule has 0 aromatic carbocycles. The second-order valence-electron chi connectivity index (χ2n) is 2.49. The molecule has 0 aliphatic heterocycles. The van der Waals surface area contributed by atoms with Gasteiger partial charge in [0.05, 0.1) is 18.2 Å². The molecule has 1 heterocycles. The fraction of sp³-hybridized carbons (Fsp3) is 0.250. The first-order valence-corrected chi connectivity index (χ1v) is 4.07. The molecule has 0 radical (unpaired) electrons. The van der Waals surface area contributed by atoms with Gasteiger partial charge in [0, 0.05) is 6.20 Å². The van der Waals surface area contributed by atoms with E-state index >= 15 is 0 Å². The number of pyridine rings is 1. The summed E-state index contributed by atoms with van der Waals surface area (Å²) in [5.74, 6) is -1.83. The van der Waals surface area contributed by atoms with Gasteiger partial charge in [-0.25, -0.2) is 18.2 Å². The van der Waals surface area contributed by atoms with Gasteiger partial charge < -0.3 is 4.74 Å². The Balaban J connectivity index is 3.44. The van der Waals surface area contributed by atoms with Gasteiger partial charge >= 0.3 is 0 Å². The molecule has 0 amide bonds. The fourth-order valence-corrected chi connectivity index (χ4v) is 1.18. The van der Waals surface area contributed by atoms with E-state index < -0.39 is 34.5 Å². The molecule has 1 rings (SSSR count). The van der Waals surface area contributed by atoms with E-state index in [1.807, 2.05) is 0 Å². The molecule has 82 valence electrons. The summed E-state index contributed by atoms with van der Waals surface area (Å²) >= 11 is 4.99. The lowest BCUT2D eigenvalue weighted by molar-refractivity contribution is 0.105. The van der Waals surface area contributed by atoms with Gasteiger partial charge in [0.15, 0.2) is 5.82 Å². The molecule has 1 aromatic rings. The van der Waals surface area contributed by atoms with Crippen molar-refractivity contribution in [2.45, 2.75) is 6.43 Å². The van der Waals surface area contributed by atoms with Crippen molar-refractivity contribution in [2.75, 3.05) is 7.11 Å². The minimum absolute atomic E-state index is 0.552. The largest absolute Gasteiger partial charge is 0.479 e. The molecular weight excluding hydrogens is 235 g/mol. The van der Waals surface area contributed by atoms with E-state index in [-0.39, 0.29) is 0 Å². The first-order valence-electron chi connectivity index (χ1n) is 3.69. The first kappa shape index (κ1) is 11.8. The molecular formula is C8H5ClF3NO2. The SMILES string of the molecule is COc1ncc(C(F)F)c(C(=O)Cl)c1F. The van der Waals surface area contributed by atoms with Crippen LogP contribution >= 0.6 is 11.6 Å². The van der Waals surface area contributed by atoms with Gasteiger partial charge in [-0.05, 0) is 11.6 Å². The van der Waals surface area contributed by atoms with E-state index in [0.717, 1.165) is 7.11 Å². The fourth-order valence-electron chi connectivity index (χ4n) is 0.991. The summed E-state index contributed by atoms with van der Waals surface area (Å²) < 4.78 is 42.4. The summed E-state index contributed by atoms with van der Waals surface area (Å²) in [6.07, 6.45) is -2.38. The van der Waals surface area contributed by atoms with Gasteiger partial charge in [0.2, 0.25) is 0 Å². The summed E-state index contributed by atoms with van der Waals surface area (Å²) in [6.45, 7) is 0. The Morgan fingerprint density at radius 2 is 2.20 bits per heavy atom. The van der Waals surface area contributed by atoms with Gasteiger partial charge in [-0.15, -0.1) is 0 Å². The minimum Gasteiger partial charge on any atom is -0.479 e. The van der Waals surface area contributed by atoms with Gasteiger partial charge in [-0.3, -0.25) is 4.79 Å². The Hall–Kier alpha value is -1.30. The highest BCUT2D eigenvalue weighted by atomic mass is 35.5. The van der Waals surface area contributed by atoms with E-state index in [1.54, 1.807) is 0 Å². The van der Waals surface area contributed by atoms with Crippen molar-refractivity contribution < 1.29 is 22.7 Å². The van der Waals surface area contributed by atoms with Crippen molar-refractivity contribution in [3.8, 4) is 5.88 Å². The lowest BCUT2D eigenvalue weighted by Crippen LogP contribution is -2.06. The van der Waals surface area contributed by atoms with Gasteiger partial charge in [-0.2, -0.15) is 0 Å². The zero-order chi connectivity index (χ0) is 11.6. The lowest BCUT2D eigenvalue weighted by atomic mass is 10.1. The molecule has 0 fully saturated rings. The van der Waals surface area contributed by atoms with Crippen LogP contribution in [0.1, 0.15) is 22.3 Å². The quantitative estimate of drug-likeness (QED) is 0.761. The molecule has 0 aliphatic rings. The van der Waals surface area contributed by atoms with Crippen LogP contribution in [0.25, 0.3) is 0 Å². The molecule has 0 bridgehead atoms. The molecule has 1 aromatic heterocycles. The summed E-state index contributed by atoms with van der Waals surface area (Å²) in [6, 6.07) is 0. The van der Waals surface area contributed by atoms with Gasteiger partial charge in [0.25, 0.3) is 17.5 Å². The number of hydrogen-bond acceptors (Lipinski definition) is 3. The van der Waals surface area contributed by atoms with Gasteiger partial charge in [0.1, 0.15) is 0 Å². The third-order valence-electron chi connectivity index (χ3n) is 1.64. The van der Waals surface area contributed by atoms with Gasteiger partial charge in [-0.1, -0.05) is 0 Å². The Bertz CT molecular complexity index is 398. The minimum atomic E-state index is -3.03. The molecule has 3 nitrogen and oxygen atoms in total. The molecule has 0 aliphatic carbocycles. The molecule has 0 saturated heterocycles. The maximum atomic E-state index is 13.3. The second-order valence-corrected chi connectivity index (χ2v) is 2.83. The number of alkyl halides is 2. The number of carbonyl (C=O) groups is 1. The van der Waals surface area contributed by atoms with Crippen LogP contribution in [0.5, 0.6) is 5.88 Å². The van der Waals surface area contributed by atoms with Crippen LogP contribution in [0, 0.1) is 5.82 Å². The first-order chi connectivity index (χ1) is 6.99. The number of nitrogens with zero attached hydrogens (tertiary/aromatic N) is 1. The Morgan fingerprint density at radius 1 is 1.60 bits per heavy atom. The monoisotopic (exact) mass is 239 g/mol. The highest BCUT2D eigenvalue weighted by Crippen LogP contribution is 2.29. The second kappa shape index (κ2) is 4.48. The predicted molar refractivity (Wildman–Crippen MR) is 45.9 cm³/mol. The summed E-state index contributed by atoms with van der Waals surface area (Å²) in [5, 5.41) is -1.32. The Morgan fingerprint density at radius 3 is 2.60 bits per heavy atom. The third-order valence-corrected chi connectivity index (χ3v) is 1.83. The Labute approximate surface area is 87.8 Å². The van der Waals surface area contributed by atoms with Crippen molar-refractivity contribution in [3.63, 3.8) is 0 Å². The van der Waals surface area contributed by atoms with E-state index in [2.05, 4.69) is 9.72 Å². The van der Waals surface area contributed by atoms with Crippen LogP contribution in [0.4, 0.5) is 13.2 Å². The molecule has 0 atom stereocenters. The smallest absolute Gasteiger partial charge is 0.266 e. The topological polar surface area (TPSA) is 39.2 Å². The predicted octanol–water partition coefficient (Wildman–Crippen LogP) is 2.55. The summed E-state index contributed by atoms with van der Waals surface area (Å²) in [4.78, 5) is 14.0. The third kappa shape index (κ3) is 2.20. The van der Waals surface area contributed by atoms with E-state index in [1.165, 1.54) is 0 Å². The zero-order valence-electron chi connectivity index (χ0n) is 7.43. The average Bonchev–Trinajstić information content (AvgIpc) is 2.16. The maximum absolute atomic E-state index is 13.3. The number of ether oxygens (including phenoxy) is 1. The highest BCUT2D eigenvalue weighted by Gasteiger charge is 2.25. The van der Waals surface area contributed by atoms with E-state index in [0.29, 0.717) is 6.20 Å².